The topological polar surface area (TPSA) is 64.7 Å². The number of halogens is 1. The van der Waals surface area contributed by atoms with Crippen LogP contribution in [0, 0.1) is 0 Å². The summed E-state index contributed by atoms with van der Waals surface area (Å²) in [6, 6.07) is -0.327. The first-order chi connectivity index (χ1) is 9.06. The number of hydrogen-bond donors (Lipinski definition) is 2. The Morgan fingerprint density at radius 3 is 2.60 bits per heavy atom. The van der Waals surface area contributed by atoms with Crippen molar-refractivity contribution in [2.24, 2.45) is 0 Å². The zero-order chi connectivity index (χ0) is 14.3. The molecule has 1 aliphatic rings. The van der Waals surface area contributed by atoms with Crippen LogP contribution in [0.3, 0.4) is 0 Å². The second-order valence-electron chi connectivity index (χ2n) is 4.76. The van der Waals surface area contributed by atoms with Crippen molar-refractivity contribution in [1.29, 1.82) is 0 Å². The minimum atomic E-state index is -0.327. The normalized spacial score (nSPS) is 16.2. The van der Waals surface area contributed by atoms with E-state index in [-0.39, 0.29) is 36.8 Å². The predicted molar refractivity (Wildman–Crippen MR) is 82.0 cm³/mol. The van der Waals surface area contributed by atoms with E-state index in [4.69, 9.17) is 0 Å². The van der Waals surface area contributed by atoms with Crippen molar-refractivity contribution in [1.82, 2.24) is 20.4 Å². The van der Waals surface area contributed by atoms with Crippen molar-refractivity contribution >= 4 is 24.2 Å². The largest absolute Gasteiger partial charge is 0.351 e. The number of likely N-dealkylation sites (N-methyl/N-ethyl adjacent to an activating group) is 1. The van der Waals surface area contributed by atoms with Crippen LogP contribution in [0.2, 0.25) is 0 Å². The smallest absolute Gasteiger partial charge is 0.237 e. The summed E-state index contributed by atoms with van der Waals surface area (Å²) in [5.74, 6) is -0.0112. The van der Waals surface area contributed by atoms with Crippen molar-refractivity contribution < 1.29 is 9.59 Å². The molecule has 6 nitrogen and oxygen atoms in total. The molecule has 20 heavy (non-hydrogen) atoms. The van der Waals surface area contributed by atoms with Gasteiger partial charge in [-0.15, -0.1) is 19.0 Å². The number of carbonyl (C=O) groups is 2. The summed E-state index contributed by atoms with van der Waals surface area (Å²) in [4.78, 5) is 27.4. The summed E-state index contributed by atoms with van der Waals surface area (Å²) in [7, 11) is 1.79. The van der Waals surface area contributed by atoms with Gasteiger partial charge in [-0.3, -0.25) is 14.5 Å². The van der Waals surface area contributed by atoms with E-state index in [1.807, 2.05) is 4.90 Å². The van der Waals surface area contributed by atoms with Gasteiger partial charge >= 0.3 is 0 Å². The van der Waals surface area contributed by atoms with Crippen molar-refractivity contribution in [3.63, 3.8) is 0 Å². The van der Waals surface area contributed by atoms with Crippen molar-refractivity contribution in [2.45, 2.75) is 13.0 Å². The minimum Gasteiger partial charge on any atom is -0.351 e. The third-order valence-electron chi connectivity index (χ3n) is 3.32. The van der Waals surface area contributed by atoms with Crippen molar-refractivity contribution in [2.75, 3.05) is 46.3 Å². The van der Waals surface area contributed by atoms with Gasteiger partial charge in [0.15, 0.2) is 0 Å². The molecule has 1 heterocycles. The quantitative estimate of drug-likeness (QED) is 0.647. The highest BCUT2D eigenvalue weighted by atomic mass is 35.5. The van der Waals surface area contributed by atoms with Crippen LogP contribution in [-0.2, 0) is 9.59 Å². The first-order valence-electron chi connectivity index (χ1n) is 6.63. The Hall–Kier alpha value is -1.11. The number of rotatable bonds is 6. The molecule has 0 radical (unpaired) electrons. The van der Waals surface area contributed by atoms with Gasteiger partial charge in [-0.1, -0.05) is 6.08 Å². The summed E-state index contributed by atoms with van der Waals surface area (Å²) in [6.07, 6.45) is 1.64. The van der Waals surface area contributed by atoms with Crippen LogP contribution in [0.1, 0.15) is 6.92 Å². The lowest BCUT2D eigenvalue weighted by atomic mass is 10.2. The van der Waals surface area contributed by atoms with Gasteiger partial charge in [-0.05, 0) is 14.0 Å². The van der Waals surface area contributed by atoms with Gasteiger partial charge in [0.05, 0.1) is 12.6 Å². The van der Waals surface area contributed by atoms with E-state index in [9.17, 15) is 9.59 Å². The lowest BCUT2D eigenvalue weighted by molar-refractivity contribution is -0.134. The van der Waals surface area contributed by atoms with Gasteiger partial charge in [0.2, 0.25) is 11.8 Å². The zero-order valence-corrected chi connectivity index (χ0v) is 13.0. The number of carbonyl (C=O) groups excluding carboxylic acids is 2. The standard InChI is InChI=1S/C13H24N4O2.ClH/c1-4-5-15-13(19)11(2)16(3)10-12(18)17-8-6-14-7-9-17;/h4,11,14H,1,5-10H2,2-3H3,(H,15,19);1H. The maximum atomic E-state index is 12.1. The molecule has 1 fully saturated rings. The van der Waals surface area contributed by atoms with Crippen molar-refractivity contribution in [3.05, 3.63) is 12.7 Å². The molecule has 0 aromatic rings. The van der Waals surface area contributed by atoms with Gasteiger partial charge in [-0.25, -0.2) is 0 Å². The summed E-state index contributed by atoms with van der Waals surface area (Å²) in [5.41, 5.74) is 0. The lowest BCUT2D eigenvalue weighted by Gasteiger charge is -2.30. The van der Waals surface area contributed by atoms with E-state index in [2.05, 4.69) is 17.2 Å². The molecule has 0 saturated carbocycles. The molecule has 1 saturated heterocycles. The third-order valence-corrected chi connectivity index (χ3v) is 3.32. The molecular formula is C13H25ClN4O2. The molecule has 0 aromatic heterocycles. The SMILES string of the molecule is C=CCNC(=O)C(C)N(C)CC(=O)N1CCNCC1.Cl. The molecule has 0 spiro atoms. The molecule has 7 heteroatoms. The number of nitrogens with one attached hydrogen (secondary N) is 2. The van der Waals surface area contributed by atoms with Gasteiger partial charge in [0.25, 0.3) is 0 Å². The van der Waals surface area contributed by atoms with Gasteiger partial charge in [0.1, 0.15) is 0 Å². The fourth-order valence-corrected chi connectivity index (χ4v) is 1.89. The van der Waals surface area contributed by atoms with E-state index >= 15 is 0 Å². The number of hydrogen-bond acceptors (Lipinski definition) is 4. The Morgan fingerprint density at radius 1 is 1.45 bits per heavy atom. The summed E-state index contributed by atoms with van der Waals surface area (Å²) in [6.45, 7) is 9.22. The van der Waals surface area contributed by atoms with Gasteiger partial charge < -0.3 is 15.5 Å². The Balaban J connectivity index is 0.00000361. The highest BCUT2D eigenvalue weighted by Gasteiger charge is 2.22. The molecule has 1 atom stereocenters. The first-order valence-corrected chi connectivity index (χ1v) is 6.63. The summed E-state index contributed by atoms with van der Waals surface area (Å²) >= 11 is 0. The lowest BCUT2D eigenvalue weighted by Crippen LogP contribution is -2.51. The second kappa shape index (κ2) is 9.74. The Labute approximate surface area is 127 Å². The number of nitrogens with zero attached hydrogens (tertiary/aromatic N) is 2. The van der Waals surface area contributed by atoms with E-state index in [0.717, 1.165) is 26.2 Å². The Kier molecular flexibility index (Phi) is 9.20. The van der Waals surface area contributed by atoms with Crippen LogP contribution in [0.4, 0.5) is 0 Å². The second-order valence-corrected chi connectivity index (χ2v) is 4.76. The first kappa shape index (κ1) is 18.9. The maximum Gasteiger partial charge on any atom is 0.237 e. The highest BCUT2D eigenvalue weighted by molar-refractivity contribution is 5.85. The van der Waals surface area contributed by atoms with E-state index < -0.39 is 0 Å². The zero-order valence-electron chi connectivity index (χ0n) is 12.2. The molecule has 1 rings (SSSR count). The molecule has 0 aliphatic carbocycles. The Bertz CT molecular complexity index is 332. The van der Waals surface area contributed by atoms with Crippen LogP contribution in [-0.4, -0.2) is 74.0 Å². The molecule has 0 aromatic carbocycles. The average Bonchev–Trinajstić information content (AvgIpc) is 2.44. The van der Waals surface area contributed by atoms with Crippen LogP contribution in [0.15, 0.2) is 12.7 Å². The maximum absolute atomic E-state index is 12.1. The molecular weight excluding hydrogens is 280 g/mol. The monoisotopic (exact) mass is 304 g/mol. The van der Waals surface area contributed by atoms with Gasteiger partial charge in [0, 0.05) is 32.7 Å². The van der Waals surface area contributed by atoms with Crippen LogP contribution in [0.25, 0.3) is 0 Å². The Morgan fingerprint density at radius 2 is 2.05 bits per heavy atom. The number of amides is 2. The summed E-state index contributed by atoms with van der Waals surface area (Å²) < 4.78 is 0. The minimum absolute atomic E-state index is 0. The fraction of sp³-hybridized carbons (Fsp3) is 0.692. The van der Waals surface area contributed by atoms with E-state index in [1.165, 1.54) is 0 Å². The van der Waals surface area contributed by atoms with Crippen LogP contribution >= 0.6 is 12.4 Å². The predicted octanol–water partition coefficient (Wildman–Crippen LogP) is -0.537. The highest BCUT2D eigenvalue weighted by Crippen LogP contribution is 2.00. The molecule has 2 N–H and O–H groups in total. The molecule has 1 aliphatic heterocycles. The number of piperazine rings is 1. The average molecular weight is 305 g/mol. The van der Waals surface area contributed by atoms with Crippen molar-refractivity contribution in [3.8, 4) is 0 Å². The van der Waals surface area contributed by atoms with Gasteiger partial charge in [-0.2, -0.15) is 0 Å². The van der Waals surface area contributed by atoms with Crippen LogP contribution < -0.4 is 10.6 Å². The van der Waals surface area contributed by atoms with Crippen LogP contribution in [0.5, 0.6) is 0 Å². The molecule has 0 bridgehead atoms. The van der Waals surface area contributed by atoms with E-state index in [0.29, 0.717) is 6.54 Å². The van der Waals surface area contributed by atoms with E-state index in [1.54, 1.807) is 24.9 Å². The molecule has 2 amide bonds. The summed E-state index contributed by atoms with van der Waals surface area (Å²) in [5, 5.41) is 5.94. The molecule has 1 unspecified atom stereocenters. The third kappa shape index (κ3) is 5.90. The molecule has 116 valence electrons. The fourth-order valence-electron chi connectivity index (χ4n) is 1.89.